The molecule has 22 heteroatoms. The molecule has 0 spiro atoms. The Balaban J connectivity index is 0.000000363. The first-order valence-electron chi connectivity index (χ1n) is 19.5. The Morgan fingerprint density at radius 1 is 0.730 bits per heavy atom. The summed E-state index contributed by atoms with van der Waals surface area (Å²) in [5.74, 6) is -6.04. The molecule has 4 unspecified atom stereocenters. The van der Waals surface area contributed by atoms with E-state index in [1.54, 1.807) is 6.92 Å². The number of halogens is 1. The van der Waals surface area contributed by atoms with Crippen molar-refractivity contribution >= 4 is 54.9 Å². The maximum atomic E-state index is 12.9. The van der Waals surface area contributed by atoms with Gasteiger partial charge in [-0.05, 0) is 87.5 Å². The van der Waals surface area contributed by atoms with E-state index >= 15 is 0 Å². The molecule has 2 aliphatic heterocycles. The molecule has 0 radical (unpaired) electrons. The molecule has 6 N–H and O–H groups in total. The Morgan fingerprint density at radius 3 is 1.43 bits per heavy atom. The third-order valence-electron chi connectivity index (χ3n) is 10.1. The number of esters is 2. The van der Waals surface area contributed by atoms with E-state index < -0.39 is 99.0 Å². The monoisotopic (exact) mass is 998 g/mol. The summed E-state index contributed by atoms with van der Waals surface area (Å²) in [6.45, 7) is 20.0. The van der Waals surface area contributed by atoms with Crippen molar-refractivity contribution in [3.8, 4) is 0 Å². The van der Waals surface area contributed by atoms with E-state index in [4.69, 9.17) is 37.9 Å². The van der Waals surface area contributed by atoms with E-state index in [0.29, 0.717) is 17.6 Å². The molecule has 0 bridgehead atoms. The summed E-state index contributed by atoms with van der Waals surface area (Å²) >= 11 is 2.94. The van der Waals surface area contributed by atoms with Crippen LogP contribution in [0.3, 0.4) is 0 Å². The zero-order valence-corrected chi connectivity index (χ0v) is 41.1. The molecular weight excluding hydrogens is 938 g/mol. The molecule has 0 amide bonds. The van der Waals surface area contributed by atoms with Crippen molar-refractivity contribution in [2.24, 2.45) is 10.8 Å². The van der Waals surface area contributed by atoms with Crippen LogP contribution < -0.4 is 0 Å². The SMILES string of the molecule is COP(=O)(OC[C@H](O)[C@H]1OC(=O)C(O)=C1O)OC1CC(C)(C)C(C=C(C)C)=C(C)C1=O.COP(C)(=O)OC1CC(C)(C)C(C=C(C)C)=C(C)C1=O.O=C1O[C@H]([C@@H](O)CBr)C(O)=C1O. The largest absolute Gasteiger partial charge is 0.505 e. The minimum Gasteiger partial charge on any atom is -0.505 e. The van der Waals surface area contributed by atoms with Crippen LogP contribution in [0.5, 0.6) is 0 Å². The molecule has 356 valence electrons. The Morgan fingerprint density at radius 2 is 1.11 bits per heavy atom. The van der Waals surface area contributed by atoms with Crippen LogP contribution in [0, 0.1) is 10.8 Å². The Bertz CT molecular complexity index is 2070. The molecule has 0 aromatic rings. The van der Waals surface area contributed by atoms with Gasteiger partial charge in [-0.25, -0.2) is 14.2 Å². The molecule has 0 fully saturated rings. The lowest BCUT2D eigenvalue weighted by Gasteiger charge is -2.37. The molecule has 8 atom stereocenters. The first-order valence-corrected chi connectivity index (χ1v) is 24.1. The number of cyclic esters (lactones) is 2. The molecule has 4 aliphatic rings. The average molecular weight is 1000 g/mol. The summed E-state index contributed by atoms with van der Waals surface area (Å²) in [7, 11) is -5.08. The van der Waals surface area contributed by atoms with Gasteiger partial charge in [0.25, 0.3) is 0 Å². The number of ketones is 2. The molecule has 2 aliphatic carbocycles. The molecule has 0 saturated carbocycles. The number of ether oxygens (including phenoxy) is 2. The van der Waals surface area contributed by atoms with E-state index in [9.17, 15) is 43.6 Å². The summed E-state index contributed by atoms with van der Waals surface area (Å²) in [5.41, 5.74) is 4.59. The average Bonchev–Trinajstić information content (AvgIpc) is 3.61. The van der Waals surface area contributed by atoms with Crippen LogP contribution in [0.15, 0.2) is 68.6 Å². The maximum absolute atomic E-state index is 12.9. The van der Waals surface area contributed by atoms with Crippen molar-refractivity contribution < 1.29 is 91.0 Å². The Hall–Kier alpha value is -3.42. The third-order valence-corrected chi connectivity index (χ3v) is 13.5. The lowest BCUT2D eigenvalue weighted by molar-refractivity contribution is -0.148. The summed E-state index contributed by atoms with van der Waals surface area (Å²) in [6.07, 6.45) is -2.58. The minimum absolute atomic E-state index is 0.101. The highest BCUT2D eigenvalue weighted by atomic mass is 79.9. The van der Waals surface area contributed by atoms with Crippen molar-refractivity contribution in [2.45, 2.75) is 119 Å². The van der Waals surface area contributed by atoms with Crippen LogP contribution in [0.4, 0.5) is 0 Å². The van der Waals surface area contributed by atoms with Gasteiger partial charge in [0.1, 0.15) is 24.4 Å². The number of hydrogen-bond acceptors (Lipinski definition) is 19. The lowest BCUT2D eigenvalue weighted by Crippen LogP contribution is -2.38. The standard InChI is InChI=1S/C20H29O10P.C15H25O4P.C6H7BrO5/c1-10(2)7-12-11(3)15(22)14(8-20(12,4)5)30-31(26,27-6)28-9-13(21)18-16(23)17(24)19(25)29-18;1-10(2)8-12-11(3)14(16)13(9-15(12,4)5)19-20(7,17)18-6;7-1-2(8)5-3(9)4(10)6(11)12-5/h7,13-14,18,21,23-24H,8-9H2,1-6H3;8,13H,9H2,1-7H3;2,5,8-10H,1H2/t13-,14?,18+,31?;;2-,5+/m0.0/s1. The van der Waals surface area contributed by atoms with Gasteiger partial charge >= 0.3 is 27.4 Å². The topological polar surface area (TPSA) is 288 Å². The fraction of sp³-hybridized carbons (Fsp3) is 0.610. The van der Waals surface area contributed by atoms with Gasteiger partial charge in [0, 0.05) is 26.2 Å². The summed E-state index contributed by atoms with van der Waals surface area (Å²) in [4.78, 5) is 47.1. The van der Waals surface area contributed by atoms with E-state index in [1.165, 1.54) is 13.8 Å². The highest BCUT2D eigenvalue weighted by Crippen LogP contribution is 2.54. The molecule has 19 nitrogen and oxygen atoms in total. The number of Topliss-reactive ketones (excluding diaryl/α,β-unsaturated/α-hetero) is 2. The van der Waals surface area contributed by atoms with Crippen LogP contribution in [0.25, 0.3) is 0 Å². The zero-order valence-electron chi connectivity index (χ0n) is 37.7. The molecule has 0 aromatic carbocycles. The second-order valence-electron chi connectivity index (χ2n) is 16.9. The van der Waals surface area contributed by atoms with Gasteiger partial charge in [0.2, 0.25) is 11.5 Å². The summed E-state index contributed by atoms with van der Waals surface area (Å²) < 4.78 is 59.6. The van der Waals surface area contributed by atoms with Crippen molar-refractivity contribution in [3.63, 3.8) is 0 Å². The fourth-order valence-electron chi connectivity index (χ4n) is 6.80. The smallest absolute Gasteiger partial charge is 0.475 e. The zero-order chi connectivity index (χ0) is 48.7. The highest BCUT2D eigenvalue weighted by Gasteiger charge is 2.45. The number of hydrogen-bond donors (Lipinski definition) is 6. The number of carbonyl (C=O) groups excluding carboxylic acids is 4. The van der Waals surface area contributed by atoms with Crippen LogP contribution in [-0.2, 0) is 60.4 Å². The molecule has 2 heterocycles. The second-order valence-corrected chi connectivity index (χ2v) is 21.4. The number of aliphatic hydroxyl groups is 6. The number of aliphatic hydroxyl groups excluding tert-OH is 6. The van der Waals surface area contributed by atoms with Crippen molar-refractivity contribution in [1.29, 1.82) is 0 Å². The molecule has 63 heavy (non-hydrogen) atoms. The predicted molar refractivity (Wildman–Crippen MR) is 232 cm³/mol. The van der Waals surface area contributed by atoms with Crippen molar-refractivity contribution in [3.05, 3.63) is 68.6 Å². The van der Waals surface area contributed by atoms with Gasteiger partial charge in [0.05, 0.1) is 6.61 Å². The van der Waals surface area contributed by atoms with E-state index in [1.807, 2.05) is 60.6 Å². The van der Waals surface area contributed by atoms with Gasteiger partial charge in [-0.1, -0.05) is 66.9 Å². The number of phosphoric ester groups is 1. The van der Waals surface area contributed by atoms with Crippen LogP contribution in [-0.4, -0.2) is 124 Å². The van der Waals surface area contributed by atoms with Gasteiger partial charge in [-0.2, -0.15) is 0 Å². The van der Waals surface area contributed by atoms with Crippen LogP contribution in [0.2, 0.25) is 0 Å². The van der Waals surface area contributed by atoms with Crippen LogP contribution >= 0.6 is 31.3 Å². The molecule has 0 aromatic heterocycles. The fourth-order valence-corrected chi connectivity index (χ4v) is 8.92. The number of alkyl halides is 1. The number of phosphoric acid groups is 1. The second kappa shape index (κ2) is 22.2. The quantitative estimate of drug-likeness (QED) is 0.0572. The molecule has 4 rings (SSSR count). The van der Waals surface area contributed by atoms with Gasteiger partial charge < -0.3 is 44.6 Å². The highest BCUT2D eigenvalue weighted by molar-refractivity contribution is 9.09. The number of carbonyl (C=O) groups is 4. The van der Waals surface area contributed by atoms with Gasteiger partial charge in [0.15, 0.2) is 35.3 Å². The normalized spacial score (nSPS) is 26.0. The first-order chi connectivity index (χ1) is 28.8. The molecular formula is C41H61BrO19P2. The minimum atomic E-state index is -4.30. The van der Waals surface area contributed by atoms with Gasteiger partial charge in [-0.3, -0.25) is 32.2 Å². The Labute approximate surface area is 375 Å². The van der Waals surface area contributed by atoms with Crippen molar-refractivity contribution in [2.75, 3.05) is 32.8 Å². The number of allylic oxidation sites excluding steroid dienone is 6. The maximum Gasteiger partial charge on any atom is 0.475 e. The van der Waals surface area contributed by atoms with E-state index in [-0.39, 0.29) is 28.7 Å². The summed E-state index contributed by atoms with van der Waals surface area (Å²) in [6, 6.07) is 0. The summed E-state index contributed by atoms with van der Waals surface area (Å²) in [5, 5.41) is 56.2. The van der Waals surface area contributed by atoms with Gasteiger partial charge in [-0.15, -0.1) is 0 Å². The van der Waals surface area contributed by atoms with E-state index in [0.717, 1.165) is 29.4 Å². The lowest BCUT2D eigenvalue weighted by atomic mass is 9.70. The number of rotatable bonds is 14. The van der Waals surface area contributed by atoms with E-state index in [2.05, 4.69) is 39.3 Å². The molecule has 0 saturated heterocycles. The third kappa shape index (κ3) is 14.3. The first kappa shape index (κ1) is 55.7. The van der Waals surface area contributed by atoms with Crippen molar-refractivity contribution in [1.82, 2.24) is 0 Å². The predicted octanol–water partition coefficient (Wildman–Crippen LogP) is 7.16. The van der Waals surface area contributed by atoms with Crippen LogP contribution in [0.1, 0.15) is 82.1 Å². The Kier molecular flexibility index (Phi) is 19.6.